The first-order chi connectivity index (χ1) is 12.4. The molecule has 2 heterocycles. The zero-order valence-corrected chi connectivity index (χ0v) is 15.2. The van der Waals surface area contributed by atoms with Gasteiger partial charge in [0.2, 0.25) is 11.7 Å². The molecule has 26 heavy (non-hydrogen) atoms. The number of rotatable bonds is 5. The van der Waals surface area contributed by atoms with Gasteiger partial charge in [0.25, 0.3) is 0 Å². The molecular weight excluding hydrogens is 332 g/mol. The molecule has 134 valence electrons. The Kier molecular flexibility index (Phi) is 4.75. The fourth-order valence-corrected chi connectivity index (χ4v) is 2.70. The molecular formula is C20H20N2O4. The topological polar surface area (TPSA) is 74.3 Å². The van der Waals surface area contributed by atoms with E-state index in [4.69, 9.17) is 9.15 Å². The van der Waals surface area contributed by atoms with Crippen LogP contribution in [0.25, 0.3) is 11.5 Å². The van der Waals surface area contributed by atoms with Gasteiger partial charge in [-0.3, -0.25) is 4.79 Å². The summed E-state index contributed by atoms with van der Waals surface area (Å²) >= 11 is 0. The number of ether oxygens (including phenoxy) is 1. The van der Waals surface area contributed by atoms with E-state index in [-0.39, 0.29) is 18.1 Å². The Labute approximate surface area is 151 Å². The number of ketones is 1. The second kappa shape index (κ2) is 7.00. The molecule has 0 radical (unpaired) electrons. The number of carbonyl (C=O) groups excluding carboxylic acids is 2. The molecule has 0 N–H and O–H groups in total. The van der Waals surface area contributed by atoms with Crippen LogP contribution in [-0.2, 0) is 11.8 Å². The number of aromatic nitrogens is 2. The molecule has 3 aromatic rings. The molecule has 0 atom stereocenters. The summed E-state index contributed by atoms with van der Waals surface area (Å²) in [4.78, 5) is 28.9. The van der Waals surface area contributed by atoms with Gasteiger partial charge in [-0.1, -0.05) is 18.2 Å². The molecule has 0 saturated carbocycles. The second-order valence-electron chi connectivity index (χ2n) is 6.13. The van der Waals surface area contributed by atoms with Crippen LogP contribution in [0.4, 0.5) is 0 Å². The number of Topliss-reactive ketones (excluding diaryl/α,β-unsaturated/α-hetero) is 1. The van der Waals surface area contributed by atoms with Crippen LogP contribution in [0, 0.1) is 20.8 Å². The number of aryl methyl sites for hydroxylation is 2. The predicted octanol–water partition coefficient (Wildman–Crippen LogP) is 3.65. The number of hydrogen-bond donors (Lipinski definition) is 0. The van der Waals surface area contributed by atoms with Crippen molar-refractivity contribution in [2.24, 2.45) is 7.05 Å². The third kappa shape index (κ3) is 3.31. The van der Waals surface area contributed by atoms with Gasteiger partial charge in [-0.25, -0.2) is 9.78 Å². The molecule has 0 aliphatic carbocycles. The van der Waals surface area contributed by atoms with Crippen LogP contribution >= 0.6 is 0 Å². The Hall–Kier alpha value is -3.15. The van der Waals surface area contributed by atoms with Gasteiger partial charge < -0.3 is 13.7 Å². The first-order valence-corrected chi connectivity index (χ1v) is 8.24. The van der Waals surface area contributed by atoms with E-state index < -0.39 is 5.97 Å². The summed E-state index contributed by atoms with van der Waals surface area (Å²) in [6.07, 6.45) is 0. The van der Waals surface area contributed by atoms with Crippen molar-refractivity contribution in [3.05, 3.63) is 64.8 Å². The van der Waals surface area contributed by atoms with Crippen molar-refractivity contribution in [2.75, 3.05) is 6.61 Å². The van der Waals surface area contributed by atoms with Gasteiger partial charge in [-0.2, -0.15) is 0 Å². The van der Waals surface area contributed by atoms with Crippen molar-refractivity contribution < 1.29 is 18.7 Å². The normalized spacial score (nSPS) is 10.8. The quantitative estimate of drug-likeness (QED) is 0.518. The highest BCUT2D eigenvalue weighted by atomic mass is 16.5. The van der Waals surface area contributed by atoms with E-state index in [1.165, 1.54) is 0 Å². The van der Waals surface area contributed by atoms with Crippen LogP contribution in [0.15, 0.2) is 40.8 Å². The highest BCUT2D eigenvalue weighted by Crippen LogP contribution is 2.22. The van der Waals surface area contributed by atoms with E-state index >= 15 is 0 Å². The summed E-state index contributed by atoms with van der Waals surface area (Å²) < 4.78 is 12.6. The van der Waals surface area contributed by atoms with E-state index in [0.29, 0.717) is 17.2 Å². The molecule has 0 unspecified atom stereocenters. The van der Waals surface area contributed by atoms with Gasteiger partial charge in [0.15, 0.2) is 12.3 Å². The van der Waals surface area contributed by atoms with Gasteiger partial charge in [0.1, 0.15) is 5.76 Å². The molecule has 6 heteroatoms. The maximum absolute atomic E-state index is 12.3. The average molecular weight is 352 g/mol. The molecule has 6 nitrogen and oxygen atoms in total. The van der Waals surface area contributed by atoms with Crippen LogP contribution in [0.5, 0.6) is 0 Å². The lowest BCUT2D eigenvalue weighted by Crippen LogP contribution is -2.15. The molecule has 0 amide bonds. The standard InChI is InChI=1S/C20H20N2O4/c1-12-10-16(13(2)22(12)4)17(23)11-25-20(24)18-14(3)26-19(21-18)15-8-6-5-7-9-15/h5-10H,11H2,1-4H3. The summed E-state index contributed by atoms with van der Waals surface area (Å²) in [6.45, 7) is 5.08. The molecule has 0 fully saturated rings. The minimum Gasteiger partial charge on any atom is -0.452 e. The molecule has 0 bridgehead atoms. The van der Waals surface area contributed by atoms with Gasteiger partial charge in [-0.15, -0.1) is 0 Å². The van der Waals surface area contributed by atoms with E-state index in [0.717, 1.165) is 17.0 Å². The largest absolute Gasteiger partial charge is 0.452 e. The lowest BCUT2D eigenvalue weighted by atomic mass is 10.1. The Balaban J connectivity index is 1.72. The third-order valence-corrected chi connectivity index (χ3v) is 4.42. The zero-order valence-electron chi connectivity index (χ0n) is 15.2. The average Bonchev–Trinajstić information content (AvgIpc) is 3.15. The van der Waals surface area contributed by atoms with Gasteiger partial charge >= 0.3 is 5.97 Å². The zero-order chi connectivity index (χ0) is 18.8. The van der Waals surface area contributed by atoms with Crippen molar-refractivity contribution in [2.45, 2.75) is 20.8 Å². The van der Waals surface area contributed by atoms with Crippen molar-refractivity contribution in [1.29, 1.82) is 0 Å². The Morgan fingerprint density at radius 3 is 2.46 bits per heavy atom. The Bertz CT molecular complexity index is 967. The fourth-order valence-electron chi connectivity index (χ4n) is 2.70. The minimum atomic E-state index is -0.674. The summed E-state index contributed by atoms with van der Waals surface area (Å²) in [5.41, 5.74) is 3.21. The highest BCUT2D eigenvalue weighted by Gasteiger charge is 2.21. The predicted molar refractivity (Wildman–Crippen MR) is 96.2 cm³/mol. The molecule has 0 aliphatic rings. The maximum Gasteiger partial charge on any atom is 0.361 e. The SMILES string of the molecule is Cc1oc(-c2ccccc2)nc1C(=O)OCC(=O)c1cc(C)n(C)c1C. The summed E-state index contributed by atoms with van der Waals surface area (Å²) in [5, 5.41) is 0. The van der Waals surface area contributed by atoms with Crippen LogP contribution in [0.3, 0.4) is 0 Å². The lowest BCUT2D eigenvalue weighted by molar-refractivity contribution is 0.0467. The lowest BCUT2D eigenvalue weighted by Gasteiger charge is -2.03. The first kappa shape index (κ1) is 17.7. The van der Waals surface area contributed by atoms with Gasteiger partial charge in [-0.05, 0) is 39.0 Å². The Morgan fingerprint density at radius 2 is 1.85 bits per heavy atom. The van der Waals surface area contributed by atoms with E-state index in [1.807, 2.05) is 55.8 Å². The third-order valence-electron chi connectivity index (χ3n) is 4.42. The van der Waals surface area contributed by atoms with Crippen molar-refractivity contribution in [3.8, 4) is 11.5 Å². The summed E-state index contributed by atoms with van der Waals surface area (Å²) in [6, 6.07) is 11.1. The van der Waals surface area contributed by atoms with Gasteiger partial charge in [0.05, 0.1) is 0 Å². The monoisotopic (exact) mass is 352 g/mol. The molecule has 0 spiro atoms. The highest BCUT2D eigenvalue weighted by molar-refractivity contribution is 6.00. The first-order valence-electron chi connectivity index (χ1n) is 8.24. The molecule has 3 rings (SSSR count). The molecule has 0 saturated heterocycles. The van der Waals surface area contributed by atoms with Crippen LogP contribution in [0.1, 0.15) is 38.0 Å². The van der Waals surface area contributed by atoms with Gasteiger partial charge in [0, 0.05) is 29.6 Å². The molecule has 1 aromatic carbocycles. The second-order valence-corrected chi connectivity index (χ2v) is 6.13. The van der Waals surface area contributed by atoms with Crippen LogP contribution in [-0.4, -0.2) is 27.9 Å². The summed E-state index contributed by atoms with van der Waals surface area (Å²) in [7, 11) is 1.89. The van der Waals surface area contributed by atoms with Crippen molar-refractivity contribution in [1.82, 2.24) is 9.55 Å². The van der Waals surface area contributed by atoms with Crippen molar-refractivity contribution >= 4 is 11.8 Å². The minimum absolute atomic E-state index is 0.0811. The number of carbonyl (C=O) groups is 2. The number of benzene rings is 1. The van der Waals surface area contributed by atoms with E-state index in [1.54, 1.807) is 13.0 Å². The van der Waals surface area contributed by atoms with Crippen molar-refractivity contribution in [3.63, 3.8) is 0 Å². The number of nitrogens with zero attached hydrogens (tertiary/aromatic N) is 2. The van der Waals surface area contributed by atoms with Crippen LogP contribution in [0.2, 0.25) is 0 Å². The van der Waals surface area contributed by atoms with E-state index in [9.17, 15) is 9.59 Å². The molecule has 2 aromatic heterocycles. The van der Waals surface area contributed by atoms with Crippen LogP contribution < -0.4 is 0 Å². The fraction of sp³-hybridized carbons (Fsp3) is 0.250. The van der Waals surface area contributed by atoms with E-state index in [2.05, 4.69) is 4.98 Å². The smallest absolute Gasteiger partial charge is 0.361 e. The number of esters is 1. The molecule has 0 aliphatic heterocycles. The summed E-state index contributed by atoms with van der Waals surface area (Å²) in [5.74, 6) is -0.222. The maximum atomic E-state index is 12.3. The Morgan fingerprint density at radius 1 is 1.15 bits per heavy atom. The number of hydrogen-bond acceptors (Lipinski definition) is 5. The number of oxazole rings is 1.